The third-order valence-electron chi connectivity index (χ3n) is 6.85. The van der Waals surface area contributed by atoms with Crippen LogP contribution in [0.4, 0.5) is 17.2 Å². The monoisotopic (exact) mass is 625 g/mol. The second-order valence-corrected chi connectivity index (χ2v) is 11.0. The van der Waals surface area contributed by atoms with Crippen LogP contribution in [0.1, 0.15) is 36.6 Å². The highest BCUT2D eigenvalue weighted by Crippen LogP contribution is 2.44. The number of hydrogen-bond acceptors (Lipinski definition) is 8. The van der Waals surface area contributed by atoms with E-state index in [1.54, 1.807) is 12.1 Å². The first-order valence-corrected chi connectivity index (χ1v) is 13.9. The van der Waals surface area contributed by atoms with Crippen LogP contribution >= 0.6 is 15.9 Å². The number of pyridine rings is 1. The molecule has 2 atom stereocenters. The van der Waals surface area contributed by atoms with Crippen molar-refractivity contribution < 1.29 is 24.0 Å². The number of methoxy groups -OCH3 is 1. The maximum atomic E-state index is 14.2. The molecular weight excluding hydrogens is 594 g/mol. The van der Waals surface area contributed by atoms with E-state index in [1.165, 1.54) is 24.1 Å². The van der Waals surface area contributed by atoms with Crippen LogP contribution in [0.5, 0.6) is 11.5 Å². The molecule has 0 saturated carbocycles. The molecule has 4 rings (SSSR count). The smallest absolute Gasteiger partial charge is 0.287 e. The minimum Gasteiger partial charge on any atom is -0.493 e. The normalized spacial score (nSPS) is 16.5. The summed E-state index contributed by atoms with van der Waals surface area (Å²) in [6, 6.07) is 11.0. The third kappa shape index (κ3) is 6.43. The number of benzene rings is 2. The molecule has 2 heterocycles. The standard InChI is InChI=1S/C29H32BrN5O6/c1-16(2)26-29(37)34(12-11-31-23-10-9-20(15-32-23)35(38)39)25(21-13-19(30)14-22(40-5)27(21)41-26)28(36)33-24-17(3)7-6-8-18(24)4/h6-10,13-16,25-26H,11-12H2,1-5H3,(H,31,32)(H,33,36). The van der Waals surface area contributed by atoms with Gasteiger partial charge in [0.1, 0.15) is 18.1 Å². The quantitative estimate of drug-likeness (QED) is 0.238. The van der Waals surface area contributed by atoms with Crippen molar-refractivity contribution in [2.24, 2.45) is 5.92 Å². The van der Waals surface area contributed by atoms with Crippen LogP contribution in [0.15, 0.2) is 53.1 Å². The lowest BCUT2D eigenvalue weighted by Gasteiger charge is -2.31. The van der Waals surface area contributed by atoms with Crippen LogP contribution < -0.4 is 20.1 Å². The van der Waals surface area contributed by atoms with Gasteiger partial charge in [-0.15, -0.1) is 0 Å². The van der Waals surface area contributed by atoms with Crippen molar-refractivity contribution in [2.75, 3.05) is 30.8 Å². The SMILES string of the molecule is COc1cc(Br)cc2c1OC(C(C)C)C(=O)N(CCNc1ccc([N+](=O)[O-])cn1)C2C(=O)Nc1c(C)cccc1C. The van der Waals surface area contributed by atoms with Crippen LogP contribution in [-0.2, 0) is 9.59 Å². The number of aryl methyl sites for hydroxylation is 2. The fourth-order valence-corrected chi connectivity index (χ4v) is 5.21. The molecule has 12 heteroatoms. The highest BCUT2D eigenvalue weighted by molar-refractivity contribution is 9.10. The van der Waals surface area contributed by atoms with Crippen molar-refractivity contribution in [1.29, 1.82) is 0 Å². The Bertz CT molecular complexity index is 1440. The minimum atomic E-state index is -1.06. The van der Waals surface area contributed by atoms with Crippen molar-refractivity contribution in [1.82, 2.24) is 9.88 Å². The van der Waals surface area contributed by atoms with E-state index in [-0.39, 0.29) is 30.6 Å². The van der Waals surface area contributed by atoms with Gasteiger partial charge >= 0.3 is 0 Å². The van der Waals surface area contributed by atoms with Crippen LogP contribution in [0.3, 0.4) is 0 Å². The molecule has 0 radical (unpaired) electrons. The van der Waals surface area contributed by atoms with Crippen molar-refractivity contribution in [3.8, 4) is 11.5 Å². The summed E-state index contributed by atoms with van der Waals surface area (Å²) < 4.78 is 12.6. The molecule has 2 N–H and O–H groups in total. The number of anilines is 2. The van der Waals surface area contributed by atoms with E-state index in [0.717, 1.165) is 17.3 Å². The van der Waals surface area contributed by atoms with Gasteiger partial charge < -0.3 is 25.0 Å². The van der Waals surface area contributed by atoms with Gasteiger partial charge in [0.15, 0.2) is 17.6 Å². The summed E-state index contributed by atoms with van der Waals surface area (Å²) in [6.45, 7) is 7.90. The predicted octanol–water partition coefficient (Wildman–Crippen LogP) is 5.42. The highest BCUT2D eigenvalue weighted by Gasteiger charge is 2.43. The Hall–Kier alpha value is -4.19. The molecule has 2 unspecified atom stereocenters. The summed E-state index contributed by atoms with van der Waals surface area (Å²) in [5.74, 6) is 0.157. The van der Waals surface area contributed by atoms with Gasteiger partial charge in [0.25, 0.3) is 17.5 Å². The van der Waals surface area contributed by atoms with Crippen LogP contribution in [0.25, 0.3) is 0 Å². The van der Waals surface area contributed by atoms with Gasteiger partial charge in [0.05, 0.1) is 12.0 Å². The highest BCUT2D eigenvalue weighted by atomic mass is 79.9. The van der Waals surface area contributed by atoms with E-state index in [9.17, 15) is 19.7 Å². The largest absolute Gasteiger partial charge is 0.493 e. The number of amides is 2. The molecule has 0 saturated heterocycles. The number of nitrogens with one attached hydrogen (secondary N) is 2. The second-order valence-electron chi connectivity index (χ2n) is 10.1. The molecule has 3 aromatic rings. The topological polar surface area (TPSA) is 136 Å². The number of fused-ring (bicyclic) bond motifs is 1. The van der Waals surface area contributed by atoms with Crippen molar-refractivity contribution in [2.45, 2.75) is 39.8 Å². The van der Waals surface area contributed by atoms with Crippen LogP contribution in [-0.4, -0.2) is 52.9 Å². The molecule has 0 spiro atoms. The Morgan fingerprint density at radius 3 is 2.51 bits per heavy atom. The molecule has 1 aromatic heterocycles. The van der Waals surface area contributed by atoms with Gasteiger partial charge in [-0.2, -0.15) is 0 Å². The molecule has 0 aliphatic carbocycles. The van der Waals surface area contributed by atoms with Crippen molar-refractivity contribution >= 4 is 44.9 Å². The van der Waals surface area contributed by atoms with Gasteiger partial charge in [-0.1, -0.05) is 48.0 Å². The maximum absolute atomic E-state index is 14.2. The van der Waals surface area contributed by atoms with E-state index in [0.29, 0.717) is 33.0 Å². The number of para-hydroxylation sites is 1. The van der Waals surface area contributed by atoms with E-state index < -0.39 is 23.0 Å². The number of ether oxygens (including phenoxy) is 2. The van der Waals surface area contributed by atoms with E-state index in [1.807, 2.05) is 45.9 Å². The predicted molar refractivity (Wildman–Crippen MR) is 158 cm³/mol. The first-order valence-electron chi connectivity index (χ1n) is 13.1. The first-order chi connectivity index (χ1) is 19.5. The van der Waals surface area contributed by atoms with Crippen LogP contribution in [0, 0.1) is 29.9 Å². The third-order valence-corrected chi connectivity index (χ3v) is 7.30. The number of nitrogens with zero attached hydrogens (tertiary/aromatic N) is 3. The van der Waals surface area contributed by atoms with Gasteiger partial charge in [0, 0.05) is 34.9 Å². The second kappa shape index (κ2) is 12.5. The fourth-order valence-electron chi connectivity index (χ4n) is 4.76. The summed E-state index contributed by atoms with van der Waals surface area (Å²) in [5.41, 5.74) is 2.80. The van der Waals surface area contributed by atoms with Crippen molar-refractivity contribution in [3.05, 3.63) is 79.9 Å². The summed E-state index contributed by atoms with van der Waals surface area (Å²) in [5, 5.41) is 17.1. The maximum Gasteiger partial charge on any atom is 0.287 e. The van der Waals surface area contributed by atoms with Gasteiger partial charge in [-0.25, -0.2) is 4.98 Å². The lowest BCUT2D eigenvalue weighted by molar-refractivity contribution is -0.385. The first kappa shape index (κ1) is 29.8. The molecule has 1 aliphatic rings. The van der Waals surface area contributed by atoms with E-state index in [2.05, 4.69) is 31.5 Å². The summed E-state index contributed by atoms with van der Waals surface area (Å²) in [4.78, 5) is 44.2. The molecule has 11 nitrogen and oxygen atoms in total. The Balaban J connectivity index is 1.75. The number of carbonyl (C=O) groups is 2. The number of rotatable bonds is 9. The number of aromatic nitrogens is 1. The van der Waals surface area contributed by atoms with Crippen LogP contribution in [0.2, 0.25) is 0 Å². The van der Waals surface area contributed by atoms with Crippen molar-refractivity contribution in [3.63, 3.8) is 0 Å². The van der Waals surface area contributed by atoms with E-state index in [4.69, 9.17) is 9.47 Å². The summed E-state index contributed by atoms with van der Waals surface area (Å²) in [7, 11) is 1.51. The number of carbonyl (C=O) groups excluding carboxylic acids is 2. The average Bonchev–Trinajstić information content (AvgIpc) is 3.05. The molecule has 0 fully saturated rings. The Kier molecular flexibility index (Phi) is 9.11. The number of hydrogen-bond donors (Lipinski definition) is 2. The van der Waals surface area contributed by atoms with E-state index >= 15 is 0 Å². The molecule has 216 valence electrons. The minimum absolute atomic E-state index is 0.114. The zero-order valence-electron chi connectivity index (χ0n) is 23.4. The van der Waals surface area contributed by atoms with Gasteiger partial charge in [-0.05, 0) is 49.1 Å². The lowest BCUT2D eigenvalue weighted by Crippen LogP contribution is -2.48. The lowest BCUT2D eigenvalue weighted by atomic mass is 10.0. The number of nitro groups is 1. The Morgan fingerprint density at radius 2 is 1.93 bits per heavy atom. The molecule has 2 amide bonds. The number of halogens is 1. The Labute approximate surface area is 246 Å². The summed E-state index contributed by atoms with van der Waals surface area (Å²) in [6.07, 6.45) is 0.280. The zero-order valence-corrected chi connectivity index (χ0v) is 25.0. The zero-order chi connectivity index (χ0) is 29.8. The molecule has 41 heavy (non-hydrogen) atoms. The van der Waals surface area contributed by atoms with Gasteiger partial charge in [-0.3, -0.25) is 19.7 Å². The fraction of sp³-hybridized carbons (Fsp3) is 0.345. The molecular formula is C29H32BrN5O6. The average molecular weight is 627 g/mol. The summed E-state index contributed by atoms with van der Waals surface area (Å²) >= 11 is 3.51. The molecule has 1 aliphatic heterocycles. The van der Waals surface area contributed by atoms with Gasteiger partial charge in [0.2, 0.25) is 0 Å². The Morgan fingerprint density at radius 1 is 1.22 bits per heavy atom. The molecule has 0 bridgehead atoms. The molecule has 2 aromatic carbocycles.